The number of Topliss-reactive ketones (excluding diaryl/α,β-unsaturated/α-hetero) is 1. The highest BCUT2D eigenvalue weighted by atomic mass is 16.5. The third-order valence-electron chi connectivity index (χ3n) is 11.9. The van der Waals surface area contributed by atoms with Crippen molar-refractivity contribution in [2.75, 3.05) is 7.11 Å². The highest BCUT2D eigenvalue weighted by Crippen LogP contribution is 2.28. The van der Waals surface area contributed by atoms with Gasteiger partial charge >= 0.3 is 23.9 Å². The average molecular weight is 988 g/mol. The van der Waals surface area contributed by atoms with E-state index in [9.17, 15) is 68.1 Å². The number of carbonyl (C=O) groups excluding carboxylic acids is 7. The van der Waals surface area contributed by atoms with Gasteiger partial charge in [0.1, 0.15) is 42.0 Å². The Bertz CT molecular complexity index is 2040. The maximum atomic E-state index is 14.3. The van der Waals surface area contributed by atoms with Crippen molar-refractivity contribution in [2.45, 2.75) is 148 Å². The van der Waals surface area contributed by atoms with E-state index in [1.54, 1.807) is 52.0 Å². The van der Waals surface area contributed by atoms with Crippen molar-refractivity contribution in [3.63, 3.8) is 0 Å². The van der Waals surface area contributed by atoms with Gasteiger partial charge in [0, 0.05) is 12.8 Å². The summed E-state index contributed by atoms with van der Waals surface area (Å²) in [6.07, 6.45) is 4.96. The molecule has 0 aromatic heterocycles. The number of aliphatic carboxylic acids is 4. The second-order valence-corrected chi connectivity index (χ2v) is 17.9. The highest BCUT2D eigenvalue weighted by molar-refractivity contribution is 6.39. The molecular weight excluding hydrogens is 919 g/mol. The van der Waals surface area contributed by atoms with E-state index >= 15 is 0 Å². The Labute approximate surface area is 405 Å². The van der Waals surface area contributed by atoms with Crippen molar-refractivity contribution in [3.8, 4) is 5.75 Å². The largest absolute Gasteiger partial charge is 0.497 e. The van der Waals surface area contributed by atoms with E-state index in [1.165, 1.54) is 26.2 Å². The predicted octanol–water partition coefficient (Wildman–Crippen LogP) is 0.416. The van der Waals surface area contributed by atoms with Crippen molar-refractivity contribution in [1.82, 2.24) is 31.9 Å². The van der Waals surface area contributed by atoms with Gasteiger partial charge in [-0.2, -0.15) is 0 Å². The molecule has 23 nitrogen and oxygen atoms in total. The number of nitrogens with one attached hydrogen (secondary N) is 6. The van der Waals surface area contributed by atoms with Crippen LogP contribution in [0, 0.1) is 23.7 Å². The van der Waals surface area contributed by atoms with Crippen LogP contribution in [0.1, 0.15) is 104 Å². The number of allylic oxidation sites excluding steroid dienone is 1. The monoisotopic (exact) mass is 987 g/mol. The Morgan fingerprint density at radius 3 is 1.74 bits per heavy atom. The van der Waals surface area contributed by atoms with Crippen LogP contribution in [0.4, 0.5) is 0 Å². The molecule has 0 radical (unpaired) electrons. The molecule has 1 unspecified atom stereocenters. The van der Waals surface area contributed by atoms with E-state index in [1.807, 2.05) is 0 Å². The molecule has 0 saturated heterocycles. The van der Waals surface area contributed by atoms with Gasteiger partial charge in [-0.05, 0) is 55.2 Å². The fourth-order valence-electron chi connectivity index (χ4n) is 7.73. The molecule has 23 heteroatoms. The summed E-state index contributed by atoms with van der Waals surface area (Å²) in [5, 5.41) is 52.7. The maximum Gasteiger partial charge on any atom is 0.326 e. The van der Waals surface area contributed by atoms with Crippen LogP contribution in [-0.2, 0) is 59.2 Å². The Kier molecular flexibility index (Phi) is 24.7. The third kappa shape index (κ3) is 19.6. The zero-order valence-corrected chi connectivity index (χ0v) is 40.4. The Morgan fingerprint density at radius 2 is 1.23 bits per heavy atom. The molecule has 0 heterocycles. The lowest BCUT2D eigenvalue weighted by Gasteiger charge is -2.31. The second kappa shape index (κ2) is 29.2. The average Bonchev–Trinajstić information content (AvgIpc) is 3.30. The summed E-state index contributed by atoms with van der Waals surface area (Å²) < 4.78 is 5.13. The van der Waals surface area contributed by atoms with Crippen LogP contribution in [0.3, 0.4) is 0 Å². The Balaban J connectivity index is 2.43. The van der Waals surface area contributed by atoms with E-state index in [2.05, 4.69) is 31.9 Å². The number of rotatable bonds is 30. The van der Waals surface area contributed by atoms with Crippen LogP contribution in [-0.4, -0.2) is 135 Å². The molecule has 0 bridgehead atoms. The molecule has 1 aliphatic carbocycles. The second-order valence-electron chi connectivity index (χ2n) is 17.9. The molecular formula is C47H69N7O16. The number of hydrogen-bond donors (Lipinski definition) is 11. The van der Waals surface area contributed by atoms with Crippen LogP contribution in [0.15, 0.2) is 36.4 Å². The first-order chi connectivity index (χ1) is 32.9. The zero-order valence-electron chi connectivity index (χ0n) is 40.4. The molecule has 1 aromatic rings. The van der Waals surface area contributed by atoms with E-state index in [-0.39, 0.29) is 31.1 Å². The lowest BCUT2D eigenvalue weighted by atomic mass is 9.84. The number of amides is 6. The van der Waals surface area contributed by atoms with Crippen molar-refractivity contribution >= 4 is 65.1 Å². The quantitative estimate of drug-likeness (QED) is 0.0283. The molecule has 1 aliphatic rings. The molecule has 2 rings (SSSR count). The third-order valence-corrected chi connectivity index (χ3v) is 11.9. The van der Waals surface area contributed by atoms with Crippen molar-refractivity contribution < 1.29 is 77.9 Å². The molecule has 1 fully saturated rings. The lowest BCUT2D eigenvalue weighted by molar-refractivity contribution is -0.155. The molecule has 12 N–H and O–H groups in total. The standard InChI is InChI=1S/C47H69N7O16/c1-7-12-31(38(57)44(63)53-35(47(68)69)21-27-15-17-28(70-6)18-16-27)49-40(59)33(20-26-13-10-9-11-14-26)52-43(62)37(25(5)8-2)54-42(61)32(19-24(3)4)51-41(60)34(22-29(45(64)65)46(66)67)50-39(58)30(48)23-36(55)56/h7,12,15-18,24-26,29-35,37H,8-11,13-14,19-23,48H2,1-6H3,(H,49,59)(H,50,58)(H,51,60)(H,52,62)(H,53,63)(H,54,61)(H,55,56)(H,64,65)(H,66,67)(H,68,69)/b12-7+/t25-,30-,31?,32-,33-,34+,35-,37-/m0/s1. The topological polar surface area (TPSA) is 376 Å². The number of ketones is 1. The SMILES string of the molecule is C/C=C/C(NC(=O)[C@H](CC1CCCCC1)NC(=O)[C@@H](NC(=O)[C@H](CC(C)C)NC(=O)[C@@H](CC(C(=O)O)C(=O)O)NC(=O)[C@@H](N)CC(=O)O)[C@@H](C)CC)C(=O)C(=O)N[C@@H](Cc1ccc(OC)cc1)C(=O)O. The number of benzene rings is 1. The number of methoxy groups -OCH3 is 1. The summed E-state index contributed by atoms with van der Waals surface area (Å²) in [5.74, 6) is -16.8. The van der Waals surface area contributed by atoms with E-state index in [0.29, 0.717) is 17.7 Å². The van der Waals surface area contributed by atoms with E-state index in [4.69, 9.17) is 15.6 Å². The maximum absolute atomic E-state index is 14.3. The van der Waals surface area contributed by atoms with Gasteiger partial charge in [0.15, 0.2) is 5.92 Å². The Morgan fingerprint density at radius 1 is 0.686 bits per heavy atom. The summed E-state index contributed by atoms with van der Waals surface area (Å²) >= 11 is 0. The van der Waals surface area contributed by atoms with Crippen LogP contribution in [0.5, 0.6) is 5.75 Å². The summed E-state index contributed by atoms with van der Waals surface area (Å²) in [6.45, 7) is 8.28. The summed E-state index contributed by atoms with van der Waals surface area (Å²) in [7, 11) is 1.46. The number of nitrogens with two attached hydrogens (primary N) is 1. The number of carbonyl (C=O) groups is 11. The van der Waals surface area contributed by atoms with Crippen molar-refractivity contribution in [3.05, 3.63) is 42.0 Å². The smallest absolute Gasteiger partial charge is 0.326 e. The summed E-state index contributed by atoms with van der Waals surface area (Å²) in [4.78, 5) is 143. The lowest BCUT2D eigenvalue weighted by Crippen LogP contribution is -2.61. The zero-order chi connectivity index (χ0) is 52.8. The number of ether oxygens (including phenoxy) is 1. The van der Waals surface area contributed by atoms with Gasteiger partial charge in [-0.3, -0.25) is 47.9 Å². The normalized spacial score (nSPS) is 16.2. The van der Waals surface area contributed by atoms with Crippen molar-refractivity contribution in [1.29, 1.82) is 0 Å². The highest BCUT2D eigenvalue weighted by Gasteiger charge is 2.39. The van der Waals surface area contributed by atoms with Crippen LogP contribution in [0.25, 0.3) is 0 Å². The van der Waals surface area contributed by atoms with Crippen molar-refractivity contribution in [2.24, 2.45) is 29.4 Å². The van der Waals surface area contributed by atoms with E-state index in [0.717, 1.165) is 32.1 Å². The molecule has 1 saturated carbocycles. The fraction of sp³-hybridized carbons (Fsp3) is 0.596. The van der Waals surface area contributed by atoms with Gasteiger partial charge < -0.3 is 62.8 Å². The first-order valence-electron chi connectivity index (χ1n) is 23.2. The Hall–Kier alpha value is -6.91. The van der Waals surface area contributed by atoms with Gasteiger partial charge in [0.25, 0.3) is 5.91 Å². The fourth-order valence-corrected chi connectivity index (χ4v) is 7.73. The molecule has 0 aliphatic heterocycles. The first-order valence-corrected chi connectivity index (χ1v) is 23.2. The van der Waals surface area contributed by atoms with Gasteiger partial charge in [0.05, 0.1) is 19.6 Å². The van der Waals surface area contributed by atoms with Gasteiger partial charge in [-0.25, -0.2) is 4.79 Å². The summed E-state index contributed by atoms with van der Waals surface area (Å²) in [5.41, 5.74) is 6.16. The molecule has 8 atom stereocenters. The molecule has 70 heavy (non-hydrogen) atoms. The van der Waals surface area contributed by atoms with E-state index < -0.39 is 132 Å². The molecule has 0 spiro atoms. The van der Waals surface area contributed by atoms with Gasteiger partial charge in [-0.15, -0.1) is 0 Å². The summed E-state index contributed by atoms with van der Waals surface area (Å²) in [6, 6.07) is -4.54. The molecule has 6 amide bonds. The van der Waals surface area contributed by atoms with Crippen LogP contribution >= 0.6 is 0 Å². The van der Waals surface area contributed by atoms with Gasteiger partial charge in [-0.1, -0.05) is 90.5 Å². The molecule has 388 valence electrons. The minimum absolute atomic E-state index is 0.0468. The van der Waals surface area contributed by atoms with Crippen LogP contribution < -0.4 is 42.4 Å². The molecule has 1 aromatic carbocycles. The number of carboxylic acids is 4. The van der Waals surface area contributed by atoms with Crippen LogP contribution in [0.2, 0.25) is 0 Å². The number of hydrogen-bond acceptors (Lipinski definition) is 13. The minimum Gasteiger partial charge on any atom is -0.497 e. The minimum atomic E-state index is -2.23. The predicted molar refractivity (Wildman–Crippen MR) is 249 cm³/mol. The number of carboxylic acid groups (broad SMARTS) is 4. The van der Waals surface area contributed by atoms with Gasteiger partial charge in [0.2, 0.25) is 35.3 Å². The first kappa shape index (κ1) is 59.2.